The van der Waals surface area contributed by atoms with Crippen molar-refractivity contribution >= 4 is 38.8 Å². The molecule has 0 unspecified atom stereocenters. The number of carboxylic acid groups (broad SMARTS) is 1. The number of hydrogen-bond donors (Lipinski definition) is 3. The molecule has 3 heterocycles. The standard InChI is InChI=1S/C27H28BrN5O3/c28-21-22(27(23(21)34)11-2-1-3-12-27)31-20(26(35)36)15-16-6-8-17(9-7-16)33-24-19(5-4-13-30-24)32-25(33)18-10-14-29-18/h4-9,13,18,20,29,31H,1-3,10-12,14-15H2,(H,35,36)/t18-,20-/m0/s1. The Morgan fingerprint density at radius 2 is 1.97 bits per heavy atom. The Bertz CT molecular complexity index is 1370. The van der Waals surface area contributed by atoms with Crippen LogP contribution in [0, 0.1) is 5.41 Å². The molecular weight excluding hydrogens is 522 g/mol. The van der Waals surface area contributed by atoms with Crippen molar-refractivity contribution in [2.24, 2.45) is 5.41 Å². The molecule has 2 atom stereocenters. The van der Waals surface area contributed by atoms with Crippen LogP contribution in [0.15, 0.2) is 52.8 Å². The number of nitrogens with one attached hydrogen (secondary N) is 2. The van der Waals surface area contributed by atoms with E-state index in [9.17, 15) is 14.7 Å². The predicted octanol–water partition coefficient (Wildman–Crippen LogP) is 4.18. The monoisotopic (exact) mass is 549 g/mol. The van der Waals surface area contributed by atoms with E-state index in [1.165, 1.54) is 0 Å². The second-order valence-electron chi connectivity index (χ2n) is 10.0. The zero-order valence-corrected chi connectivity index (χ0v) is 21.4. The molecule has 36 heavy (non-hydrogen) atoms. The molecule has 3 N–H and O–H groups in total. The SMILES string of the molecule is O=C(O)[C@H](Cc1ccc(-n2c([C@@H]3CCN3)nc3cccnc32)cc1)NC1=C(Br)C(=O)C12CCCCC2. The summed E-state index contributed by atoms with van der Waals surface area (Å²) in [4.78, 5) is 34.3. The summed E-state index contributed by atoms with van der Waals surface area (Å²) in [6, 6.07) is 11.2. The van der Waals surface area contributed by atoms with Crippen molar-refractivity contribution in [3.05, 3.63) is 64.2 Å². The Morgan fingerprint density at radius 3 is 2.64 bits per heavy atom. The summed E-state index contributed by atoms with van der Waals surface area (Å²) in [7, 11) is 0. The molecular formula is C27H28BrN5O3. The molecule has 1 saturated carbocycles. The van der Waals surface area contributed by atoms with Crippen LogP contribution in [-0.2, 0) is 16.0 Å². The van der Waals surface area contributed by atoms with Crippen molar-refractivity contribution in [2.45, 2.75) is 57.0 Å². The highest BCUT2D eigenvalue weighted by atomic mass is 79.9. The molecule has 2 fully saturated rings. The van der Waals surface area contributed by atoms with E-state index in [4.69, 9.17) is 4.98 Å². The molecule has 0 amide bonds. The van der Waals surface area contributed by atoms with Crippen LogP contribution in [0.2, 0.25) is 0 Å². The lowest BCUT2D eigenvalue weighted by Gasteiger charge is -2.46. The first-order valence-electron chi connectivity index (χ1n) is 12.6. The molecule has 1 saturated heterocycles. The maximum absolute atomic E-state index is 12.7. The maximum atomic E-state index is 12.7. The highest BCUT2D eigenvalue weighted by Gasteiger charge is 2.53. The fraction of sp³-hybridized carbons (Fsp3) is 0.407. The van der Waals surface area contributed by atoms with E-state index in [1.807, 2.05) is 36.4 Å². The van der Waals surface area contributed by atoms with Gasteiger partial charge in [-0.15, -0.1) is 0 Å². The van der Waals surface area contributed by atoms with Gasteiger partial charge in [0.05, 0.1) is 15.9 Å². The Morgan fingerprint density at radius 1 is 1.22 bits per heavy atom. The number of aromatic nitrogens is 3. The average molecular weight is 550 g/mol. The molecule has 8 nitrogen and oxygen atoms in total. The van der Waals surface area contributed by atoms with Gasteiger partial charge in [-0.05, 0) is 71.6 Å². The van der Waals surface area contributed by atoms with Crippen LogP contribution in [-0.4, -0.2) is 44.0 Å². The lowest BCUT2D eigenvalue weighted by molar-refractivity contribution is -0.140. The number of ketones is 1. The number of aliphatic carboxylic acids is 1. The zero-order chi connectivity index (χ0) is 24.9. The highest BCUT2D eigenvalue weighted by molar-refractivity contribution is 9.12. The van der Waals surface area contributed by atoms with Gasteiger partial charge >= 0.3 is 5.97 Å². The number of carbonyl (C=O) groups is 2. The van der Waals surface area contributed by atoms with Gasteiger partial charge in [0.2, 0.25) is 0 Å². The van der Waals surface area contributed by atoms with Gasteiger partial charge in [0, 0.05) is 24.0 Å². The minimum absolute atomic E-state index is 0.108. The van der Waals surface area contributed by atoms with Gasteiger partial charge in [0.15, 0.2) is 11.4 Å². The summed E-state index contributed by atoms with van der Waals surface area (Å²) in [6.45, 7) is 0.975. The van der Waals surface area contributed by atoms with Crippen LogP contribution in [0.5, 0.6) is 0 Å². The first-order valence-corrected chi connectivity index (χ1v) is 13.4. The largest absolute Gasteiger partial charge is 0.480 e. The number of hydrogen-bond acceptors (Lipinski definition) is 6. The number of nitrogens with zero attached hydrogens (tertiary/aromatic N) is 3. The number of carbonyl (C=O) groups excluding carboxylic acids is 1. The van der Waals surface area contributed by atoms with E-state index in [-0.39, 0.29) is 11.8 Å². The van der Waals surface area contributed by atoms with E-state index >= 15 is 0 Å². The summed E-state index contributed by atoms with van der Waals surface area (Å²) in [6.07, 6.45) is 7.79. The smallest absolute Gasteiger partial charge is 0.326 e. The van der Waals surface area contributed by atoms with Gasteiger partial charge in [-0.2, -0.15) is 0 Å². The van der Waals surface area contributed by atoms with Gasteiger partial charge in [0.1, 0.15) is 17.4 Å². The molecule has 0 radical (unpaired) electrons. The fourth-order valence-electron chi connectivity index (χ4n) is 5.74. The van der Waals surface area contributed by atoms with Crippen molar-refractivity contribution < 1.29 is 14.7 Å². The number of imidazole rings is 1. The second kappa shape index (κ2) is 9.12. The average Bonchev–Trinajstić information content (AvgIpc) is 3.24. The third-order valence-electron chi connectivity index (χ3n) is 7.87. The quantitative estimate of drug-likeness (QED) is 0.405. The molecule has 2 aliphatic carbocycles. The minimum Gasteiger partial charge on any atom is -0.480 e. The van der Waals surface area contributed by atoms with Crippen LogP contribution in [0.3, 0.4) is 0 Å². The molecule has 6 rings (SSSR count). The normalized spacial score (nSPS) is 21.8. The van der Waals surface area contributed by atoms with Crippen molar-refractivity contribution in [2.75, 3.05) is 6.54 Å². The summed E-state index contributed by atoms with van der Waals surface area (Å²) >= 11 is 3.40. The molecule has 0 bridgehead atoms. The fourth-order valence-corrected chi connectivity index (χ4v) is 6.61. The second-order valence-corrected chi connectivity index (χ2v) is 10.8. The first-order chi connectivity index (χ1) is 17.5. The van der Waals surface area contributed by atoms with Gasteiger partial charge in [-0.1, -0.05) is 31.4 Å². The third kappa shape index (κ3) is 3.76. The molecule has 9 heteroatoms. The Kier molecular flexibility index (Phi) is 5.92. The topological polar surface area (TPSA) is 109 Å². The number of halogens is 1. The number of allylic oxidation sites excluding steroid dienone is 2. The molecule has 2 aromatic heterocycles. The van der Waals surface area contributed by atoms with Gasteiger partial charge in [0.25, 0.3) is 0 Å². The number of Topliss-reactive ketones (excluding diaryl/α,β-unsaturated/α-hetero) is 1. The van der Waals surface area contributed by atoms with E-state index in [0.717, 1.165) is 79.0 Å². The van der Waals surface area contributed by atoms with Crippen molar-refractivity contribution in [1.82, 2.24) is 25.2 Å². The number of pyridine rings is 1. The molecule has 1 aromatic carbocycles. The van der Waals surface area contributed by atoms with Crippen LogP contribution in [0.4, 0.5) is 0 Å². The number of benzene rings is 1. The summed E-state index contributed by atoms with van der Waals surface area (Å²) in [5.74, 6) is 0.119. The summed E-state index contributed by atoms with van der Waals surface area (Å²) < 4.78 is 2.58. The zero-order valence-electron chi connectivity index (χ0n) is 19.8. The molecule has 3 aromatic rings. The third-order valence-corrected chi connectivity index (χ3v) is 8.62. The highest BCUT2D eigenvalue weighted by Crippen LogP contribution is 2.53. The van der Waals surface area contributed by atoms with Crippen LogP contribution >= 0.6 is 15.9 Å². The predicted molar refractivity (Wildman–Crippen MR) is 139 cm³/mol. The van der Waals surface area contributed by atoms with E-state index in [0.29, 0.717) is 10.9 Å². The Labute approximate surface area is 217 Å². The maximum Gasteiger partial charge on any atom is 0.326 e. The molecule has 186 valence electrons. The number of rotatable bonds is 7. The molecule has 1 aliphatic heterocycles. The summed E-state index contributed by atoms with van der Waals surface area (Å²) in [5, 5.41) is 16.6. The van der Waals surface area contributed by atoms with E-state index < -0.39 is 17.4 Å². The van der Waals surface area contributed by atoms with Crippen molar-refractivity contribution in [1.29, 1.82) is 0 Å². The van der Waals surface area contributed by atoms with Crippen LogP contribution in [0.25, 0.3) is 16.9 Å². The lowest BCUT2D eigenvalue weighted by Crippen LogP contribution is -2.53. The lowest BCUT2D eigenvalue weighted by atomic mass is 9.62. The van der Waals surface area contributed by atoms with E-state index in [1.54, 1.807) is 6.20 Å². The number of fused-ring (bicyclic) bond motifs is 1. The number of carboxylic acids is 1. The van der Waals surface area contributed by atoms with Crippen molar-refractivity contribution in [3.63, 3.8) is 0 Å². The Balaban J connectivity index is 1.25. The summed E-state index contributed by atoms with van der Waals surface area (Å²) in [5.41, 5.74) is 3.74. The van der Waals surface area contributed by atoms with Crippen LogP contribution < -0.4 is 10.6 Å². The van der Waals surface area contributed by atoms with Gasteiger partial charge in [-0.25, -0.2) is 14.8 Å². The minimum atomic E-state index is -0.930. The first kappa shape index (κ1) is 23.4. The molecule has 3 aliphatic rings. The van der Waals surface area contributed by atoms with E-state index in [2.05, 4.69) is 36.1 Å². The van der Waals surface area contributed by atoms with Gasteiger partial charge in [-0.3, -0.25) is 9.36 Å². The van der Waals surface area contributed by atoms with Crippen LogP contribution in [0.1, 0.15) is 56.0 Å². The molecule has 1 spiro atoms. The van der Waals surface area contributed by atoms with Crippen molar-refractivity contribution in [3.8, 4) is 5.69 Å². The van der Waals surface area contributed by atoms with Gasteiger partial charge < -0.3 is 15.7 Å². The Hall–Kier alpha value is -3.04.